The van der Waals surface area contributed by atoms with Crippen molar-refractivity contribution < 1.29 is 14.2 Å². The summed E-state index contributed by atoms with van der Waals surface area (Å²) in [6, 6.07) is 8.45. The average Bonchev–Trinajstić information content (AvgIpc) is 3.28. The number of morpholine rings is 1. The fourth-order valence-electron chi connectivity index (χ4n) is 3.98. The van der Waals surface area contributed by atoms with Crippen molar-refractivity contribution in [1.82, 2.24) is 15.1 Å². The van der Waals surface area contributed by atoms with Crippen LogP contribution >= 0.6 is 0 Å². The van der Waals surface area contributed by atoms with Gasteiger partial charge in [0.25, 0.3) is 0 Å². The third kappa shape index (κ3) is 5.84. The topological polar surface area (TPSA) is 58.6 Å². The van der Waals surface area contributed by atoms with Gasteiger partial charge in [-0.15, -0.1) is 0 Å². The van der Waals surface area contributed by atoms with E-state index < -0.39 is 0 Å². The molecule has 1 N–H and O–H groups in total. The highest BCUT2D eigenvalue weighted by Gasteiger charge is 2.32. The molecule has 0 amide bonds. The molecular formula is C22H36N4O3. The van der Waals surface area contributed by atoms with Crippen molar-refractivity contribution in [3.8, 4) is 5.75 Å². The van der Waals surface area contributed by atoms with Crippen molar-refractivity contribution in [3.05, 3.63) is 29.8 Å². The zero-order valence-corrected chi connectivity index (χ0v) is 18.3. The quantitative estimate of drug-likeness (QED) is 0.555. The lowest BCUT2D eigenvalue weighted by molar-refractivity contribution is -0.0817. The molecule has 2 aliphatic rings. The molecule has 0 aromatic heterocycles. The summed E-state index contributed by atoms with van der Waals surface area (Å²) in [6.07, 6.45) is 2.56. The van der Waals surface area contributed by atoms with Crippen LogP contribution in [0.15, 0.2) is 29.3 Å². The van der Waals surface area contributed by atoms with Gasteiger partial charge in [-0.2, -0.15) is 0 Å². The maximum absolute atomic E-state index is 6.01. The standard InChI is InChI=1S/C22H36N4O3/c1-5-23-22(26-12-14-29-21(16-26)20-7-6-13-28-20)24-15-19(25(2)3)17-8-10-18(27-4)11-9-17/h8-11,19-21H,5-7,12-16H2,1-4H3,(H,23,24). The van der Waals surface area contributed by atoms with Gasteiger partial charge in [0.05, 0.1) is 32.4 Å². The van der Waals surface area contributed by atoms with Crippen molar-refractivity contribution in [2.75, 3.05) is 60.6 Å². The molecule has 2 heterocycles. The van der Waals surface area contributed by atoms with Crippen molar-refractivity contribution in [2.24, 2.45) is 4.99 Å². The van der Waals surface area contributed by atoms with Crippen LogP contribution in [0.5, 0.6) is 5.75 Å². The number of nitrogens with one attached hydrogen (secondary N) is 1. The molecule has 162 valence electrons. The van der Waals surface area contributed by atoms with Gasteiger partial charge in [0.1, 0.15) is 11.9 Å². The van der Waals surface area contributed by atoms with Crippen molar-refractivity contribution in [2.45, 2.75) is 38.0 Å². The fraction of sp³-hybridized carbons (Fsp3) is 0.682. The van der Waals surface area contributed by atoms with E-state index in [9.17, 15) is 0 Å². The molecule has 1 aromatic carbocycles. The van der Waals surface area contributed by atoms with Gasteiger partial charge in [-0.3, -0.25) is 4.99 Å². The number of hydrogen-bond acceptors (Lipinski definition) is 5. The van der Waals surface area contributed by atoms with Gasteiger partial charge in [-0.25, -0.2) is 0 Å². The highest BCUT2D eigenvalue weighted by Crippen LogP contribution is 2.23. The first-order valence-electron chi connectivity index (χ1n) is 10.7. The first-order valence-corrected chi connectivity index (χ1v) is 10.7. The van der Waals surface area contributed by atoms with Crippen LogP contribution in [-0.4, -0.2) is 88.6 Å². The van der Waals surface area contributed by atoms with Gasteiger partial charge in [0, 0.05) is 26.2 Å². The number of aliphatic imine (C=N–C) groups is 1. The van der Waals surface area contributed by atoms with E-state index >= 15 is 0 Å². The minimum absolute atomic E-state index is 0.126. The van der Waals surface area contributed by atoms with Gasteiger partial charge in [-0.1, -0.05) is 12.1 Å². The second kappa shape index (κ2) is 10.8. The van der Waals surface area contributed by atoms with Crippen LogP contribution in [-0.2, 0) is 9.47 Å². The van der Waals surface area contributed by atoms with Gasteiger partial charge in [-0.05, 0) is 51.6 Å². The summed E-state index contributed by atoms with van der Waals surface area (Å²) in [6.45, 7) is 6.88. The monoisotopic (exact) mass is 404 g/mol. The molecule has 7 heteroatoms. The highest BCUT2D eigenvalue weighted by atomic mass is 16.5. The van der Waals surface area contributed by atoms with Gasteiger partial charge < -0.3 is 29.3 Å². The van der Waals surface area contributed by atoms with E-state index in [4.69, 9.17) is 19.2 Å². The SMILES string of the molecule is CCNC(=NCC(c1ccc(OC)cc1)N(C)C)N1CCOC(C2CCCO2)C1. The lowest BCUT2D eigenvalue weighted by Gasteiger charge is -2.37. The number of likely N-dealkylation sites (N-methyl/N-ethyl adjacent to an activating group) is 1. The Labute approximate surface area is 175 Å². The maximum Gasteiger partial charge on any atom is 0.194 e. The van der Waals surface area contributed by atoms with Crippen LogP contribution in [0.3, 0.4) is 0 Å². The molecule has 3 atom stereocenters. The van der Waals surface area contributed by atoms with E-state index in [1.807, 2.05) is 12.1 Å². The van der Waals surface area contributed by atoms with Crippen LogP contribution in [0.4, 0.5) is 0 Å². The second-order valence-electron chi connectivity index (χ2n) is 7.85. The molecule has 3 rings (SSSR count). The summed E-state index contributed by atoms with van der Waals surface area (Å²) in [5.41, 5.74) is 1.23. The summed E-state index contributed by atoms with van der Waals surface area (Å²) in [7, 11) is 5.89. The van der Waals surface area contributed by atoms with Crippen LogP contribution in [0.25, 0.3) is 0 Å². The van der Waals surface area contributed by atoms with Gasteiger partial charge in [0.2, 0.25) is 0 Å². The molecule has 0 saturated carbocycles. The Bertz CT molecular complexity index is 644. The zero-order valence-electron chi connectivity index (χ0n) is 18.3. The second-order valence-corrected chi connectivity index (χ2v) is 7.85. The number of benzene rings is 1. The third-order valence-corrected chi connectivity index (χ3v) is 5.65. The van der Waals surface area contributed by atoms with E-state index in [1.165, 1.54) is 5.56 Å². The Morgan fingerprint density at radius 1 is 1.24 bits per heavy atom. The molecule has 1 aromatic rings. The summed E-state index contributed by atoms with van der Waals surface area (Å²) >= 11 is 0. The average molecular weight is 405 g/mol. The lowest BCUT2D eigenvalue weighted by atomic mass is 10.1. The van der Waals surface area contributed by atoms with Crippen molar-refractivity contribution in [1.29, 1.82) is 0 Å². The number of rotatable bonds is 7. The Balaban J connectivity index is 1.70. The zero-order chi connectivity index (χ0) is 20.6. The third-order valence-electron chi connectivity index (χ3n) is 5.65. The van der Waals surface area contributed by atoms with Crippen LogP contribution in [0.1, 0.15) is 31.4 Å². The summed E-state index contributed by atoms with van der Waals surface area (Å²) in [5.74, 6) is 1.83. The number of hydrogen-bond donors (Lipinski definition) is 1. The normalized spacial score (nSPS) is 24.0. The number of nitrogens with zero attached hydrogens (tertiary/aromatic N) is 3. The first-order chi connectivity index (χ1) is 14.1. The predicted octanol–water partition coefficient (Wildman–Crippen LogP) is 2.14. The summed E-state index contributed by atoms with van der Waals surface area (Å²) in [5, 5.41) is 3.47. The van der Waals surface area contributed by atoms with E-state index in [-0.39, 0.29) is 18.2 Å². The summed E-state index contributed by atoms with van der Waals surface area (Å²) < 4.78 is 17.2. The Morgan fingerprint density at radius 2 is 2.00 bits per heavy atom. The van der Waals surface area contributed by atoms with Gasteiger partial charge in [0.15, 0.2) is 5.96 Å². The Kier molecular flexibility index (Phi) is 8.15. The molecule has 2 saturated heterocycles. The smallest absolute Gasteiger partial charge is 0.194 e. The van der Waals surface area contributed by atoms with Gasteiger partial charge >= 0.3 is 0 Å². The van der Waals surface area contributed by atoms with E-state index in [1.54, 1.807) is 7.11 Å². The molecule has 3 unspecified atom stereocenters. The Morgan fingerprint density at radius 3 is 2.62 bits per heavy atom. The highest BCUT2D eigenvalue weighted by molar-refractivity contribution is 5.80. The summed E-state index contributed by atoms with van der Waals surface area (Å²) in [4.78, 5) is 9.53. The number of ether oxygens (including phenoxy) is 3. The van der Waals surface area contributed by atoms with E-state index in [0.29, 0.717) is 13.2 Å². The van der Waals surface area contributed by atoms with Crippen molar-refractivity contribution >= 4 is 5.96 Å². The minimum atomic E-state index is 0.126. The van der Waals surface area contributed by atoms with Crippen molar-refractivity contribution in [3.63, 3.8) is 0 Å². The van der Waals surface area contributed by atoms with Crippen LogP contribution < -0.4 is 10.1 Å². The van der Waals surface area contributed by atoms with Crippen LogP contribution in [0, 0.1) is 0 Å². The van der Waals surface area contributed by atoms with E-state index in [0.717, 1.165) is 50.8 Å². The molecule has 0 spiro atoms. The minimum Gasteiger partial charge on any atom is -0.497 e. The molecule has 0 radical (unpaired) electrons. The fourth-order valence-corrected chi connectivity index (χ4v) is 3.98. The molecular weight excluding hydrogens is 368 g/mol. The Hall–Kier alpha value is -1.83. The molecule has 2 aliphatic heterocycles. The maximum atomic E-state index is 6.01. The number of methoxy groups -OCH3 is 1. The van der Waals surface area contributed by atoms with E-state index in [2.05, 4.69) is 48.3 Å². The molecule has 2 fully saturated rings. The predicted molar refractivity (Wildman–Crippen MR) is 116 cm³/mol. The molecule has 0 bridgehead atoms. The lowest BCUT2D eigenvalue weighted by Crippen LogP contribution is -2.53. The number of guanidine groups is 1. The molecule has 29 heavy (non-hydrogen) atoms. The van der Waals surface area contributed by atoms with Crippen LogP contribution in [0.2, 0.25) is 0 Å². The molecule has 0 aliphatic carbocycles. The molecule has 7 nitrogen and oxygen atoms in total. The largest absolute Gasteiger partial charge is 0.497 e. The first kappa shape index (κ1) is 21.9.